The lowest BCUT2D eigenvalue weighted by molar-refractivity contribution is -0.385. The van der Waals surface area contributed by atoms with Crippen LogP contribution >= 0.6 is 0 Å². The summed E-state index contributed by atoms with van der Waals surface area (Å²) in [5.74, 6) is 0. The Labute approximate surface area is 147 Å². The van der Waals surface area contributed by atoms with Crippen LogP contribution in [-0.4, -0.2) is 33.5 Å². The van der Waals surface area contributed by atoms with Gasteiger partial charge in [-0.05, 0) is 31.5 Å². The lowest BCUT2D eigenvalue weighted by Crippen LogP contribution is -2.28. The topological polar surface area (TPSA) is 92.5 Å². The second kappa shape index (κ2) is 8.09. The molecule has 0 aliphatic carbocycles. The predicted octanol–water partition coefficient (Wildman–Crippen LogP) is 2.71. The molecule has 0 fully saturated rings. The average molecular weight is 363 g/mol. The Morgan fingerprint density at radius 1 is 1.12 bits per heavy atom. The molecule has 7 nitrogen and oxygen atoms in total. The minimum absolute atomic E-state index is 0.0573. The van der Waals surface area contributed by atoms with Crippen LogP contribution in [0.5, 0.6) is 0 Å². The van der Waals surface area contributed by atoms with E-state index in [1.807, 2.05) is 42.3 Å². The van der Waals surface area contributed by atoms with Gasteiger partial charge in [0.2, 0.25) is 10.0 Å². The molecule has 0 bridgehead atoms. The fraction of sp³-hybridized carbons (Fsp3) is 0.294. The van der Waals surface area contributed by atoms with E-state index in [-0.39, 0.29) is 22.7 Å². The molecule has 0 spiro atoms. The quantitative estimate of drug-likeness (QED) is 0.442. The molecular formula is C17H21N3O4S. The number of hydrogen-bond donors (Lipinski definition) is 1. The van der Waals surface area contributed by atoms with Gasteiger partial charge in [-0.1, -0.05) is 24.3 Å². The van der Waals surface area contributed by atoms with Crippen molar-refractivity contribution in [1.29, 1.82) is 0 Å². The van der Waals surface area contributed by atoms with Gasteiger partial charge in [-0.15, -0.1) is 0 Å². The highest BCUT2D eigenvalue weighted by Crippen LogP contribution is 2.24. The van der Waals surface area contributed by atoms with Crippen molar-refractivity contribution in [1.82, 2.24) is 4.72 Å². The van der Waals surface area contributed by atoms with Gasteiger partial charge in [-0.2, -0.15) is 0 Å². The third kappa shape index (κ3) is 4.77. The van der Waals surface area contributed by atoms with Gasteiger partial charge in [-0.25, -0.2) is 13.1 Å². The second-order valence-electron chi connectivity index (χ2n) is 5.67. The summed E-state index contributed by atoms with van der Waals surface area (Å²) in [6.07, 6.45) is 0.610. The van der Waals surface area contributed by atoms with Gasteiger partial charge in [-0.3, -0.25) is 10.1 Å². The number of nitro benzene ring substituents is 1. The van der Waals surface area contributed by atoms with Crippen LogP contribution in [0.4, 0.5) is 11.4 Å². The highest BCUT2D eigenvalue weighted by molar-refractivity contribution is 7.89. The van der Waals surface area contributed by atoms with Gasteiger partial charge in [0, 0.05) is 37.5 Å². The van der Waals surface area contributed by atoms with Crippen molar-refractivity contribution in [3.05, 3.63) is 64.2 Å². The van der Waals surface area contributed by atoms with Gasteiger partial charge in [0.05, 0.1) is 9.82 Å². The molecule has 2 aromatic rings. The van der Waals surface area contributed by atoms with E-state index >= 15 is 0 Å². The maximum atomic E-state index is 12.4. The van der Waals surface area contributed by atoms with Crippen molar-refractivity contribution in [3.8, 4) is 0 Å². The Morgan fingerprint density at radius 2 is 1.80 bits per heavy atom. The third-order valence-corrected chi connectivity index (χ3v) is 5.51. The van der Waals surface area contributed by atoms with E-state index in [1.165, 1.54) is 25.1 Å². The fourth-order valence-corrected chi connectivity index (χ4v) is 3.84. The molecule has 0 heterocycles. The Morgan fingerprint density at radius 3 is 2.44 bits per heavy atom. The first kappa shape index (κ1) is 18.9. The minimum Gasteiger partial charge on any atom is -0.375 e. The van der Waals surface area contributed by atoms with Crippen LogP contribution in [0, 0.1) is 17.0 Å². The van der Waals surface area contributed by atoms with E-state index in [1.54, 1.807) is 0 Å². The fourth-order valence-electron chi connectivity index (χ4n) is 2.50. The summed E-state index contributed by atoms with van der Waals surface area (Å²) in [7, 11) is -1.84. The molecule has 0 aromatic heterocycles. The molecule has 8 heteroatoms. The molecule has 0 saturated heterocycles. The molecule has 0 unspecified atom stereocenters. The normalized spacial score (nSPS) is 11.3. The van der Waals surface area contributed by atoms with Gasteiger partial charge in [0.15, 0.2) is 0 Å². The SMILES string of the molecule is Cc1c([N+](=O)[O-])cccc1S(=O)(=O)NCCCN(C)c1ccccc1. The van der Waals surface area contributed by atoms with Gasteiger partial charge >= 0.3 is 0 Å². The summed E-state index contributed by atoms with van der Waals surface area (Å²) in [6, 6.07) is 13.8. The Bertz CT molecular complexity index is 838. The van der Waals surface area contributed by atoms with Crippen LogP contribution < -0.4 is 9.62 Å². The molecule has 0 aliphatic heterocycles. The predicted molar refractivity (Wildman–Crippen MR) is 97.4 cm³/mol. The Kier molecular flexibility index (Phi) is 6.11. The first-order valence-corrected chi connectivity index (χ1v) is 9.31. The average Bonchev–Trinajstić information content (AvgIpc) is 2.59. The van der Waals surface area contributed by atoms with Crippen molar-refractivity contribution in [2.75, 3.05) is 25.0 Å². The van der Waals surface area contributed by atoms with E-state index in [4.69, 9.17) is 0 Å². The zero-order chi connectivity index (χ0) is 18.4. The van der Waals surface area contributed by atoms with Crippen molar-refractivity contribution >= 4 is 21.4 Å². The van der Waals surface area contributed by atoms with Crippen LogP contribution in [0.3, 0.4) is 0 Å². The van der Waals surface area contributed by atoms with Crippen LogP contribution in [-0.2, 0) is 10.0 Å². The standard InChI is InChI=1S/C17H21N3O4S/c1-14-16(20(21)22)10-6-11-17(14)25(23,24)18-12-7-13-19(2)15-8-4-3-5-9-15/h3-6,8-11,18H,7,12-13H2,1-2H3. The molecule has 2 rings (SSSR count). The zero-order valence-corrected chi connectivity index (χ0v) is 15.0. The summed E-state index contributed by atoms with van der Waals surface area (Å²) in [4.78, 5) is 12.4. The second-order valence-corrected chi connectivity index (χ2v) is 7.40. The van der Waals surface area contributed by atoms with E-state index in [0.717, 1.165) is 5.69 Å². The number of nitro groups is 1. The summed E-state index contributed by atoms with van der Waals surface area (Å²) in [5, 5.41) is 11.0. The molecule has 1 N–H and O–H groups in total. The van der Waals surface area contributed by atoms with E-state index in [2.05, 4.69) is 4.72 Å². The number of anilines is 1. The van der Waals surface area contributed by atoms with Crippen LogP contribution in [0.15, 0.2) is 53.4 Å². The van der Waals surface area contributed by atoms with E-state index < -0.39 is 14.9 Å². The van der Waals surface area contributed by atoms with Crippen LogP contribution in [0.2, 0.25) is 0 Å². The number of hydrogen-bond acceptors (Lipinski definition) is 5. The lowest BCUT2D eigenvalue weighted by Gasteiger charge is -2.19. The maximum absolute atomic E-state index is 12.4. The number of para-hydroxylation sites is 1. The van der Waals surface area contributed by atoms with Crippen molar-refractivity contribution in [2.45, 2.75) is 18.2 Å². The molecule has 0 amide bonds. The van der Waals surface area contributed by atoms with Crippen LogP contribution in [0.1, 0.15) is 12.0 Å². The molecule has 2 aromatic carbocycles. The zero-order valence-electron chi connectivity index (χ0n) is 14.2. The lowest BCUT2D eigenvalue weighted by atomic mass is 10.2. The number of nitrogens with zero attached hydrogens (tertiary/aromatic N) is 2. The van der Waals surface area contributed by atoms with Crippen LogP contribution in [0.25, 0.3) is 0 Å². The monoisotopic (exact) mass is 363 g/mol. The minimum atomic E-state index is -3.78. The van der Waals surface area contributed by atoms with Gasteiger partial charge in [0.1, 0.15) is 0 Å². The van der Waals surface area contributed by atoms with Gasteiger partial charge < -0.3 is 4.90 Å². The molecule has 25 heavy (non-hydrogen) atoms. The van der Waals surface area contributed by atoms with Crippen molar-refractivity contribution < 1.29 is 13.3 Å². The molecule has 0 atom stereocenters. The number of sulfonamides is 1. The highest BCUT2D eigenvalue weighted by Gasteiger charge is 2.22. The highest BCUT2D eigenvalue weighted by atomic mass is 32.2. The molecule has 0 aliphatic rings. The summed E-state index contributed by atoms with van der Waals surface area (Å²) < 4.78 is 27.3. The number of nitrogens with one attached hydrogen (secondary N) is 1. The first-order valence-electron chi connectivity index (χ1n) is 7.83. The Balaban J connectivity index is 1.96. The van der Waals surface area contributed by atoms with E-state index in [9.17, 15) is 18.5 Å². The number of rotatable bonds is 8. The van der Waals surface area contributed by atoms with Gasteiger partial charge in [0.25, 0.3) is 5.69 Å². The Hall–Kier alpha value is -2.45. The molecular weight excluding hydrogens is 342 g/mol. The number of benzene rings is 2. The van der Waals surface area contributed by atoms with E-state index in [0.29, 0.717) is 13.0 Å². The smallest absolute Gasteiger partial charge is 0.273 e. The summed E-state index contributed by atoms with van der Waals surface area (Å²) >= 11 is 0. The molecule has 134 valence electrons. The first-order chi connectivity index (χ1) is 11.8. The maximum Gasteiger partial charge on any atom is 0.273 e. The van der Waals surface area contributed by atoms with Crippen molar-refractivity contribution in [3.63, 3.8) is 0 Å². The largest absolute Gasteiger partial charge is 0.375 e. The van der Waals surface area contributed by atoms with Crippen molar-refractivity contribution in [2.24, 2.45) is 0 Å². The summed E-state index contributed by atoms with van der Waals surface area (Å²) in [6.45, 7) is 2.37. The summed E-state index contributed by atoms with van der Waals surface area (Å²) in [5.41, 5.74) is 0.993. The molecule has 0 saturated carbocycles. The third-order valence-electron chi connectivity index (χ3n) is 3.90. The molecule has 0 radical (unpaired) electrons.